The van der Waals surface area contributed by atoms with Crippen LogP contribution >= 0.6 is 0 Å². The maximum Gasteiger partial charge on any atom is 0.315 e. The second kappa shape index (κ2) is 6.19. The molecule has 140 valence electrons. The molecule has 9 nitrogen and oxygen atoms in total. The highest BCUT2D eigenvalue weighted by atomic mass is 16.6. The Hall–Kier alpha value is -3.23. The third-order valence-electron chi connectivity index (χ3n) is 5.57. The molecule has 4 atom stereocenters. The van der Waals surface area contributed by atoms with E-state index in [1.54, 1.807) is 0 Å². The van der Waals surface area contributed by atoms with Crippen LogP contribution < -0.4 is 4.74 Å². The molecular formula is C18H17N3O6. The second-order valence-electron chi connectivity index (χ2n) is 6.92. The van der Waals surface area contributed by atoms with Crippen molar-refractivity contribution in [3.63, 3.8) is 0 Å². The number of aromatic hydroxyl groups is 1. The summed E-state index contributed by atoms with van der Waals surface area (Å²) in [7, 11) is 1.33. The summed E-state index contributed by atoms with van der Waals surface area (Å²) in [6, 6.07) is 2.42. The fourth-order valence-electron chi connectivity index (χ4n) is 4.26. The number of phenolic OH excluding ortho intramolecular Hbond substituents is 1. The normalized spacial score (nSPS) is 28.9. The number of rotatable bonds is 4. The first kappa shape index (κ1) is 17.2. The van der Waals surface area contributed by atoms with Crippen LogP contribution in [0.25, 0.3) is 0 Å². The Kier molecular flexibility index (Phi) is 3.94. The number of hydrogen-bond donors (Lipinski definition) is 1. The monoisotopic (exact) mass is 371 g/mol. The number of nitro benzene ring substituents is 1. The molecule has 0 spiro atoms. The smallest absolute Gasteiger partial charge is 0.315 e. The molecule has 27 heavy (non-hydrogen) atoms. The molecule has 0 unspecified atom stereocenters. The molecule has 5 rings (SSSR count). The largest absolute Gasteiger partial charge is 0.502 e. The molecule has 2 amide bonds. The van der Waals surface area contributed by atoms with Crippen molar-refractivity contribution in [3.05, 3.63) is 40.0 Å². The summed E-state index contributed by atoms with van der Waals surface area (Å²) in [5.41, 5.74) is -0.566. The number of fused-ring (bicyclic) bond motifs is 1. The molecule has 4 aliphatic rings. The van der Waals surface area contributed by atoms with E-state index >= 15 is 0 Å². The number of amides is 2. The summed E-state index contributed by atoms with van der Waals surface area (Å²) in [5.74, 6) is -1.89. The third-order valence-corrected chi connectivity index (χ3v) is 5.57. The van der Waals surface area contributed by atoms with Gasteiger partial charge in [-0.05, 0) is 30.7 Å². The number of nitrogens with zero attached hydrogens (tertiary/aromatic N) is 3. The van der Waals surface area contributed by atoms with Crippen molar-refractivity contribution >= 4 is 23.7 Å². The van der Waals surface area contributed by atoms with Gasteiger partial charge in [0.25, 0.3) is 11.8 Å². The van der Waals surface area contributed by atoms with E-state index < -0.39 is 28.2 Å². The van der Waals surface area contributed by atoms with Crippen LogP contribution in [0.1, 0.15) is 18.4 Å². The van der Waals surface area contributed by atoms with Gasteiger partial charge in [0.15, 0.2) is 0 Å². The fraction of sp³-hybridized carbons (Fsp3) is 0.389. The summed E-state index contributed by atoms with van der Waals surface area (Å²) in [6.07, 6.45) is 6.84. The molecule has 9 heteroatoms. The zero-order valence-corrected chi connectivity index (χ0v) is 14.4. The minimum absolute atomic E-state index is 0.0161. The number of ether oxygens (including phenoxy) is 1. The third kappa shape index (κ3) is 2.57. The van der Waals surface area contributed by atoms with E-state index in [0.717, 1.165) is 30.1 Å². The molecule has 1 heterocycles. The van der Waals surface area contributed by atoms with E-state index in [2.05, 4.69) is 5.10 Å². The Labute approximate surface area is 154 Å². The molecule has 3 aliphatic carbocycles. The fourth-order valence-corrected chi connectivity index (χ4v) is 4.26. The van der Waals surface area contributed by atoms with Gasteiger partial charge in [0.2, 0.25) is 5.75 Å². The number of imide groups is 1. The van der Waals surface area contributed by atoms with Crippen LogP contribution in [-0.4, -0.2) is 40.2 Å². The number of carbonyl (C=O) groups is 2. The van der Waals surface area contributed by atoms with Crippen molar-refractivity contribution in [3.8, 4) is 11.5 Å². The quantitative estimate of drug-likeness (QED) is 0.283. The minimum atomic E-state index is -0.751. The molecule has 2 bridgehead atoms. The lowest BCUT2D eigenvalue weighted by Gasteiger charge is -2.37. The van der Waals surface area contributed by atoms with E-state index in [9.17, 15) is 24.8 Å². The summed E-state index contributed by atoms with van der Waals surface area (Å²) in [4.78, 5) is 35.7. The van der Waals surface area contributed by atoms with E-state index in [4.69, 9.17) is 4.74 Å². The zero-order valence-electron chi connectivity index (χ0n) is 14.4. The average Bonchev–Trinajstić information content (AvgIpc) is 2.94. The molecule has 1 saturated carbocycles. The number of carbonyl (C=O) groups excluding carboxylic acids is 2. The van der Waals surface area contributed by atoms with Gasteiger partial charge in [-0.1, -0.05) is 12.2 Å². The Morgan fingerprint density at radius 3 is 2.30 bits per heavy atom. The zero-order chi connectivity index (χ0) is 19.3. The summed E-state index contributed by atoms with van der Waals surface area (Å²) in [5, 5.41) is 26.0. The predicted octanol–water partition coefficient (Wildman–Crippen LogP) is 1.84. The van der Waals surface area contributed by atoms with Crippen molar-refractivity contribution in [1.82, 2.24) is 5.01 Å². The van der Waals surface area contributed by atoms with Gasteiger partial charge >= 0.3 is 5.69 Å². The molecule has 1 N–H and O–H groups in total. The average molecular weight is 371 g/mol. The van der Waals surface area contributed by atoms with Crippen LogP contribution in [0, 0.1) is 33.8 Å². The Balaban J connectivity index is 1.66. The lowest BCUT2D eigenvalue weighted by atomic mass is 9.63. The first-order chi connectivity index (χ1) is 12.9. The van der Waals surface area contributed by atoms with Crippen molar-refractivity contribution in [2.24, 2.45) is 28.8 Å². The number of allylic oxidation sites excluding steroid dienone is 2. The van der Waals surface area contributed by atoms with Gasteiger partial charge in [-0.3, -0.25) is 19.7 Å². The van der Waals surface area contributed by atoms with Crippen LogP contribution in [0.5, 0.6) is 11.5 Å². The number of nitro groups is 1. The SMILES string of the molecule is COc1cc(/C=N\N2C(=O)[C@@H]3[C@@H](C2=O)[C@H]2C=C[C@H]3CC2)c(O)c([N+](=O)[O-])c1. The van der Waals surface area contributed by atoms with Crippen LogP contribution in [0.15, 0.2) is 29.4 Å². The Morgan fingerprint density at radius 2 is 1.81 bits per heavy atom. The highest BCUT2D eigenvalue weighted by Crippen LogP contribution is 2.49. The maximum atomic E-state index is 12.7. The molecule has 0 aromatic heterocycles. The van der Waals surface area contributed by atoms with E-state index in [-0.39, 0.29) is 35.0 Å². The molecule has 1 saturated heterocycles. The highest BCUT2D eigenvalue weighted by molar-refractivity contribution is 6.06. The Bertz CT molecular complexity index is 877. The van der Waals surface area contributed by atoms with Crippen molar-refractivity contribution in [2.45, 2.75) is 12.8 Å². The molecule has 1 aliphatic heterocycles. The van der Waals surface area contributed by atoms with Crippen molar-refractivity contribution < 1.29 is 24.4 Å². The lowest BCUT2D eigenvalue weighted by molar-refractivity contribution is -0.385. The van der Waals surface area contributed by atoms with E-state index in [0.29, 0.717) is 0 Å². The molecular weight excluding hydrogens is 354 g/mol. The van der Waals surface area contributed by atoms with E-state index in [1.807, 2.05) is 12.2 Å². The number of methoxy groups -OCH3 is 1. The van der Waals surface area contributed by atoms with Gasteiger partial charge < -0.3 is 9.84 Å². The second-order valence-corrected chi connectivity index (χ2v) is 6.92. The van der Waals surface area contributed by atoms with Crippen LogP contribution in [-0.2, 0) is 9.59 Å². The number of hydrazone groups is 1. The highest BCUT2D eigenvalue weighted by Gasteiger charge is 2.56. The summed E-state index contributed by atoms with van der Waals surface area (Å²) < 4.78 is 5.00. The van der Waals surface area contributed by atoms with Crippen LogP contribution in [0.4, 0.5) is 5.69 Å². The molecule has 1 aromatic rings. The number of hydrogen-bond acceptors (Lipinski definition) is 7. The maximum absolute atomic E-state index is 12.7. The minimum Gasteiger partial charge on any atom is -0.502 e. The van der Waals surface area contributed by atoms with Crippen LogP contribution in [0.2, 0.25) is 0 Å². The lowest BCUT2D eigenvalue weighted by Crippen LogP contribution is -2.38. The van der Waals surface area contributed by atoms with Gasteiger partial charge in [-0.2, -0.15) is 10.1 Å². The number of phenols is 1. The van der Waals surface area contributed by atoms with Gasteiger partial charge in [0.05, 0.1) is 36.1 Å². The van der Waals surface area contributed by atoms with Crippen molar-refractivity contribution in [2.75, 3.05) is 7.11 Å². The topological polar surface area (TPSA) is 122 Å². The standard InChI is InChI=1S/C18H17N3O6/c1-27-12-6-11(16(22)13(7-12)21(25)26)8-19-20-17(23)14-9-2-3-10(5-4-9)15(14)18(20)24/h2-3,6-10,14-15,22H,4-5H2,1H3/b19-8-/t9-,10-,14-,15-/m0/s1. The summed E-state index contributed by atoms with van der Waals surface area (Å²) >= 11 is 0. The molecule has 2 fully saturated rings. The molecule has 1 aromatic carbocycles. The molecule has 0 radical (unpaired) electrons. The van der Waals surface area contributed by atoms with Crippen LogP contribution in [0.3, 0.4) is 0 Å². The van der Waals surface area contributed by atoms with Gasteiger partial charge in [0.1, 0.15) is 5.75 Å². The van der Waals surface area contributed by atoms with Crippen molar-refractivity contribution in [1.29, 1.82) is 0 Å². The van der Waals surface area contributed by atoms with Gasteiger partial charge in [-0.15, -0.1) is 0 Å². The Morgan fingerprint density at radius 1 is 1.22 bits per heavy atom. The predicted molar refractivity (Wildman–Crippen MR) is 93.1 cm³/mol. The van der Waals surface area contributed by atoms with E-state index in [1.165, 1.54) is 13.2 Å². The number of benzene rings is 1. The van der Waals surface area contributed by atoms with Gasteiger partial charge in [-0.25, -0.2) is 0 Å². The first-order valence-corrected chi connectivity index (χ1v) is 8.58. The summed E-state index contributed by atoms with van der Waals surface area (Å²) in [6.45, 7) is 0. The first-order valence-electron chi connectivity index (χ1n) is 8.58. The van der Waals surface area contributed by atoms with Gasteiger partial charge in [0, 0.05) is 5.56 Å².